The van der Waals surface area contributed by atoms with Crippen molar-refractivity contribution in [3.63, 3.8) is 0 Å². The van der Waals surface area contributed by atoms with Gasteiger partial charge in [0.2, 0.25) is 0 Å². The van der Waals surface area contributed by atoms with Gasteiger partial charge in [-0.2, -0.15) is 0 Å². The van der Waals surface area contributed by atoms with Crippen LogP contribution in [0.3, 0.4) is 0 Å². The van der Waals surface area contributed by atoms with Gasteiger partial charge in [0.25, 0.3) is 0 Å². The van der Waals surface area contributed by atoms with Crippen molar-refractivity contribution in [1.29, 1.82) is 0 Å². The minimum absolute atomic E-state index is 0.0842. The third kappa shape index (κ3) is 2.90. The normalized spacial score (nSPS) is 10.0. The molecule has 1 aromatic rings. The van der Waals surface area contributed by atoms with Crippen LogP contribution in [0, 0.1) is 13.8 Å². The zero-order valence-electron chi connectivity index (χ0n) is 8.04. The fraction of sp³-hybridized carbons (Fsp3) is 0.182. The molecule has 0 bridgehead atoms. The van der Waals surface area contributed by atoms with E-state index in [1.807, 2.05) is 20.8 Å². The molecule has 2 heteroatoms. The van der Waals surface area contributed by atoms with Crippen molar-refractivity contribution >= 4 is 18.4 Å². The zero-order chi connectivity index (χ0) is 9.84. The Morgan fingerprint density at radius 3 is 2.77 bits per heavy atom. The van der Waals surface area contributed by atoms with Gasteiger partial charge in [0, 0.05) is 0 Å². The van der Waals surface area contributed by atoms with Crippen molar-refractivity contribution in [2.24, 2.45) is 0 Å². The van der Waals surface area contributed by atoms with Crippen LogP contribution in [0.2, 0.25) is 0 Å². The van der Waals surface area contributed by atoms with Crippen LogP contribution in [0.15, 0.2) is 30.5 Å². The van der Waals surface area contributed by atoms with E-state index in [1.54, 1.807) is 5.97 Å². The van der Waals surface area contributed by atoms with Crippen molar-refractivity contribution in [2.45, 2.75) is 13.8 Å². The molecule has 0 unspecified atom stereocenters. The number of hydrogen-bond donors (Lipinski definition) is 1. The maximum atomic E-state index is 8.89. The van der Waals surface area contributed by atoms with Crippen molar-refractivity contribution in [3.05, 3.63) is 41.7 Å². The number of aryl methyl sites for hydroxylation is 2. The molecule has 1 N–H and O–H groups in total. The summed E-state index contributed by atoms with van der Waals surface area (Å²) in [6.07, 6.45) is 0. The van der Waals surface area contributed by atoms with Crippen LogP contribution in [0.25, 0.3) is 0 Å². The van der Waals surface area contributed by atoms with Crippen molar-refractivity contribution in [1.82, 2.24) is 0 Å². The molecule has 0 saturated heterocycles. The van der Waals surface area contributed by atoms with E-state index in [9.17, 15) is 0 Å². The van der Waals surface area contributed by atoms with Gasteiger partial charge in [-0.25, -0.2) is 0 Å². The summed E-state index contributed by atoms with van der Waals surface area (Å²) in [5.74, 6) is 1.68. The van der Waals surface area contributed by atoms with E-state index < -0.39 is 0 Å². The average molecular weight is 172 g/mol. The van der Waals surface area contributed by atoms with Gasteiger partial charge in [0.15, 0.2) is 0 Å². The first kappa shape index (κ1) is 9.78. The summed E-state index contributed by atoms with van der Waals surface area (Å²) in [5, 5.41) is 8.89. The van der Waals surface area contributed by atoms with E-state index in [-0.39, 0.29) is 5.76 Å². The van der Waals surface area contributed by atoms with Gasteiger partial charge in [-0.1, -0.05) is 0 Å². The third-order valence-corrected chi connectivity index (χ3v) is 1.89. The number of rotatable bonds is 2. The molecule has 0 aromatic heterocycles. The summed E-state index contributed by atoms with van der Waals surface area (Å²) in [4.78, 5) is 0. The first-order valence-electron chi connectivity index (χ1n) is 4.23. The van der Waals surface area contributed by atoms with E-state index in [0.29, 0.717) is 0 Å². The van der Waals surface area contributed by atoms with Crippen LogP contribution >= 0.6 is 0 Å². The molecule has 0 saturated carbocycles. The second-order valence-corrected chi connectivity index (χ2v) is 3.18. The number of aliphatic hydroxyl groups excluding tert-OH is 1. The van der Waals surface area contributed by atoms with E-state index in [1.165, 1.54) is 11.1 Å². The molecule has 0 aliphatic heterocycles. The molecule has 0 spiro atoms. The van der Waals surface area contributed by atoms with Gasteiger partial charge in [-0.05, 0) is 0 Å². The van der Waals surface area contributed by atoms with E-state index in [4.69, 9.17) is 5.11 Å². The fourth-order valence-electron chi connectivity index (χ4n) is 1.13. The summed E-state index contributed by atoms with van der Waals surface area (Å²) < 4.78 is 0. The first-order chi connectivity index (χ1) is 6.09. The van der Waals surface area contributed by atoms with Crippen molar-refractivity contribution in [2.75, 3.05) is 0 Å². The Morgan fingerprint density at radius 1 is 1.46 bits per heavy atom. The minimum atomic E-state index is 0.0842. The summed E-state index contributed by atoms with van der Waals surface area (Å²) in [6, 6.07) is 6.21. The summed E-state index contributed by atoms with van der Waals surface area (Å²) in [5.41, 5.74) is 3.53. The molecule has 1 aromatic carbocycles. The molecule has 1 nitrogen and oxygen atoms in total. The van der Waals surface area contributed by atoms with Gasteiger partial charge >= 0.3 is 79.0 Å². The molecule has 66 valence electrons. The van der Waals surface area contributed by atoms with E-state index in [0.717, 1.165) is 5.46 Å². The summed E-state index contributed by atoms with van der Waals surface area (Å²) in [6.45, 7) is 9.34. The van der Waals surface area contributed by atoms with Crippen LogP contribution in [0.5, 0.6) is 0 Å². The summed E-state index contributed by atoms with van der Waals surface area (Å²) in [7, 11) is 0. The molecular formula is C11H13BO. The molecule has 1 rings (SSSR count). The molecule has 0 radical (unpaired) electrons. The van der Waals surface area contributed by atoms with Crippen molar-refractivity contribution in [3.8, 4) is 0 Å². The zero-order valence-corrected chi connectivity index (χ0v) is 8.04. The monoisotopic (exact) mass is 172 g/mol. The number of aliphatic hydroxyl groups is 1. The van der Waals surface area contributed by atoms with Gasteiger partial charge < -0.3 is 0 Å². The third-order valence-electron chi connectivity index (χ3n) is 1.89. The molecular weight excluding hydrogens is 159 g/mol. The number of hydrogen-bond acceptors (Lipinski definition) is 1. The number of benzene rings is 1. The molecule has 13 heavy (non-hydrogen) atoms. The van der Waals surface area contributed by atoms with Crippen LogP contribution in [0.1, 0.15) is 11.1 Å². The van der Waals surface area contributed by atoms with Crippen molar-refractivity contribution < 1.29 is 5.11 Å². The molecule has 0 atom stereocenters. The van der Waals surface area contributed by atoms with E-state index in [2.05, 4.69) is 24.8 Å². The maximum absolute atomic E-state index is 8.89. The second kappa shape index (κ2) is 4.08. The Hall–Kier alpha value is -1.31. The van der Waals surface area contributed by atoms with Crippen LogP contribution in [-0.4, -0.2) is 18.0 Å². The molecule has 0 heterocycles. The van der Waals surface area contributed by atoms with Gasteiger partial charge in [0.1, 0.15) is 0 Å². The second-order valence-electron chi connectivity index (χ2n) is 3.18. The van der Waals surface area contributed by atoms with Gasteiger partial charge in [-0.15, -0.1) is 0 Å². The van der Waals surface area contributed by atoms with Gasteiger partial charge in [-0.3, -0.25) is 0 Å². The molecule has 0 fully saturated rings. The van der Waals surface area contributed by atoms with Crippen LogP contribution in [0.4, 0.5) is 0 Å². The standard InChI is InChI=1S/C11H13BO/c1-8-4-5-9(2)11(6-8)12-7-10(3)13/h4-7,13H,3H2,1-2H3. The Morgan fingerprint density at radius 2 is 2.15 bits per heavy atom. The SMILES string of the molecule is C=C(O)C=Bc1cc(C)ccc1C. The van der Waals surface area contributed by atoms with E-state index >= 15 is 0 Å². The van der Waals surface area contributed by atoms with Crippen LogP contribution < -0.4 is 5.46 Å². The average Bonchev–Trinajstić information content (AvgIpc) is 2.06. The Kier molecular flexibility index (Phi) is 3.07. The topological polar surface area (TPSA) is 20.2 Å². The molecule has 0 aliphatic carbocycles. The number of allylic oxidation sites excluding steroid dienone is 1. The Balaban J connectivity index is 3.00. The molecule has 0 amide bonds. The van der Waals surface area contributed by atoms with Crippen LogP contribution in [-0.2, 0) is 0 Å². The Labute approximate surface area is 79.6 Å². The quantitative estimate of drug-likeness (QED) is 0.529. The molecule has 0 aliphatic rings. The fourth-order valence-corrected chi connectivity index (χ4v) is 1.13. The Bertz CT molecular complexity index is 353. The predicted octanol–water partition coefficient (Wildman–Crippen LogP) is 1.51. The summed E-state index contributed by atoms with van der Waals surface area (Å²) >= 11 is 0. The van der Waals surface area contributed by atoms with Gasteiger partial charge in [0.05, 0.1) is 0 Å². The predicted molar refractivity (Wildman–Crippen MR) is 59.1 cm³/mol. The first-order valence-corrected chi connectivity index (χ1v) is 4.23.